The van der Waals surface area contributed by atoms with Gasteiger partial charge in [-0.25, -0.2) is 17.8 Å². The fraction of sp³-hybridized carbons (Fsp3) is 0.524. The first-order valence-corrected chi connectivity index (χ1v) is 12.3. The van der Waals surface area contributed by atoms with E-state index in [2.05, 4.69) is 24.1 Å². The van der Waals surface area contributed by atoms with Crippen molar-refractivity contribution < 1.29 is 17.5 Å². The average Bonchev–Trinajstić information content (AvgIpc) is 3.10. The highest BCUT2D eigenvalue weighted by atomic mass is 32.2. The molecule has 0 saturated carbocycles. The van der Waals surface area contributed by atoms with E-state index in [4.69, 9.17) is 17.0 Å². The van der Waals surface area contributed by atoms with Crippen LogP contribution in [0.5, 0.6) is 0 Å². The lowest BCUT2D eigenvalue weighted by molar-refractivity contribution is 0.182. The normalized spacial score (nSPS) is 11.7. The first-order chi connectivity index (χ1) is 14.7. The van der Waals surface area contributed by atoms with Crippen LogP contribution in [0.25, 0.3) is 0 Å². The zero-order valence-electron chi connectivity index (χ0n) is 18.5. The van der Waals surface area contributed by atoms with Gasteiger partial charge >= 0.3 is 0 Å². The molecule has 0 atom stereocenters. The number of aromatic nitrogens is 2. The van der Waals surface area contributed by atoms with Crippen LogP contribution in [0, 0.1) is 11.7 Å². The molecule has 0 aliphatic heterocycles. The SMILES string of the molecule is CCNC(=S)N(Cc1cnc(S(=O)(=O)Cc2ccc(F)cc2)n1CCOC)CC(C)C. The highest BCUT2D eigenvalue weighted by Gasteiger charge is 2.25. The van der Waals surface area contributed by atoms with Crippen molar-refractivity contribution in [3.63, 3.8) is 0 Å². The molecule has 0 aliphatic rings. The molecule has 7 nitrogen and oxygen atoms in total. The fourth-order valence-electron chi connectivity index (χ4n) is 3.17. The van der Waals surface area contributed by atoms with E-state index in [0.717, 1.165) is 12.2 Å². The van der Waals surface area contributed by atoms with Gasteiger partial charge < -0.3 is 19.5 Å². The van der Waals surface area contributed by atoms with Gasteiger partial charge in [0.05, 0.1) is 30.8 Å². The number of rotatable bonds is 11. The van der Waals surface area contributed by atoms with Crippen molar-refractivity contribution in [1.82, 2.24) is 19.8 Å². The molecule has 0 spiro atoms. The average molecular weight is 471 g/mol. The summed E-state index contributed by atoms with van der Waals surface area (Å²) in [6, 6.07) is 5.43. The van der Waals surface area contributed by atoms with Gasteiger partial charge in [-0.05, 0) is 42.8 Å². The van der Waals surface area contributed by atoms with Crippen LogP contribution in [-0.2, 0) is 33.4 Å². The van der Waals surface area contributed by atoms with Gasteiger partial charge in [0, 0.05) is 26.7 Å². The summed E-state index contributed by atoms with van der Waals surface area (Å²) in [4.78, 5) is 6.26. The Kier molecular flexibility index (Phi) is 9.39. The Bertz CT molecular complexity index is 960. The highest BCUT2D eigenvalue weighted by molar-refractivity contribution is 7.90. The van der Waals surface area contributed by atoms with Crippen LogP contribution in [0.1, 0.15) is 32.0 Å². The Morgan fingerprint density at radius 2 is 2.00 bits per heavy atom. The molecule has 0 aliphatic carbocycles. The van der Waals surface area contributed by atoms with Gasteiger partial charge in [0.15, 0.2) is 5.11 Å². The Morgan fingerprint density at radius 3 is 2.58 bits per heavy atom. The van der Waals surface area contributed by atoms with E-state index in [-0.39, 0.29) is 10.9 Å². The van der Waals surface area contributed by atoms with Crippen LogP contribution in [-0.4, -0.2) is 54.8 Å². The van der Waals surface area contributed by atoms with Crippen molar-refractivity contribution in [3.8, 4) is 0 Å². The summed E-state index contributed by atoms with van der Waals surface area (Å²) in [5.41, 5.74) is 1.23. The molecule has 2 aromatic rings. The van der Waals surface area contributed by atoms with Gasteiger partial charge in [0.25, 0.3) is 0 Å². The zero-order valence-corrected chi connectivity index (χ0v) is 20.1. The maximum Gasteiger partial charge on any atom is 0.228 e. The van der Waals surface area contributed by atoms with Crippen LogP contribution in [0.3, 0.4) is 0 Å². The van der Waals surface area contributed by atoms with Gasteiger partial charge in [0.1, 0.15) is 5.82 Å². The van der Waals surface area contributed by atoms with E-state index < -0.39 is 15.7 Å². The minimum atomic E-state index is -3.75. The summed E-state index contributed by atoms with van der Waals surface area (Å²) >= 11 is 5.51. The Labute approximate surface area is 189 Å². The summed E-state index contributed by atoms with van der Waals surface area (Å²) in [5.74, 6) is -0.303. The predicted molar refractivity (Wildman–Crippen MR) is 123 cm³/mol. The van der Waals surface area contributed by atoms with Crippen LogP contribution in [0.4, 0.5) is 4.39 Å². The second-order valence-corrected chi connectivity index (χ2v) is 9.94. The monoisotopic (exact) mass is 470 g/mol. The first kappa shape index (κ1) is 25.2. The lowest BCUT2D eigenvalue weighted by Gasteiger charge is -2.27. The maximum absolute atomic E-state index is 13.2. The number of nitrogens with zero attached hydrogens (tertiary/aromatic N) is 3. The number of methoxy groups -OCH3 is 1. The van der Waals surface area contributed by atoms with Crippen LogP contribution in [0.2, 0.25) is 0 Å². The lowest BCUT2D eigenvalue weighted by atomic mass is 10.2. The van der Waals surface area contributed by atoms with Crippen molar-refractivity contribution in [2.75, 3.05) is 26.8 Å². The van der Waals surface area contributed by atoms with Gasteiger partial charge in [-0.1, -0.05) is 26.0 Å². The molecule has 10 heteroatoms. The molecule has 1 N–H and O–H groups in total. The number of hydrogen-bond donors (Lipinski definition) is 1. The molecule has 0 unspecified atom stereocenters. The zero-order chi connectivity index (χ0) is 23.0. The highest BCUT2D eigenvalue weighted by Crippen LogP contribution is 2.19. The molecule has 0 saturated heterocycles. The largest absolute Gasteiger partial charge is 0.383 e. The standard InChI is InChI=1S/C21H31FN4O3S2/c1-5-23-20(30)25(13-16(2)3)14-19-12-24-21(26(19)10-11-29-4)31(27,28)15-17-6-8-18(22)9-7-17/h6-9,12,16H,5,10-11,13-15H2,1-4H3,(H,23,30). The van der Waals surface area contributed by atoms with E-state index in [1.165, 1.54) is 24.3 Å². The molecular formula is C21H31FN4O3S2. The molecule has 172 valence electrons. The summed E-state index contributed by atoms with van der Waals surface area (Å²) in [7, 11) is -2.18. The molecule has 0 radical (unpaired) electrons. The minimum Gasteiger partial charge on any atom is -0.383 e. The summed E-state index contributed by atoms with van der Waals surface area (Å²) < 4.78 is 46.3. The van der Waals surface area contributed by atoms with Gasteiger partial charge in [-0.15, -0.1) is 0 Å². The van der Waals surface area contributed by atoms with E-state index in [0.29, 0.717) is 42.8 Å². The Hall–Kier alpha value is -2.04. The van der Waals surface area contributed by atoms with Crippen molar-refractivity contribution in [3.05, 3.63) is 47.5 Å². The van der Waals surface area contributed by atoms with Gasteiger partial charge in [-0.3, -0.25) is 0 Å². The molecule has 1 heterocycles. The van der Waals surface area contributed by atoms with Crippen molar-refractivity contribution in [1.29, 1.82) is 0 Å². The molecule has 1 aromatic carbocycles. The van der Waals surface area contributed by atoms with Crippen molar-refractivity contribution in [2.24, 2.45) is 5.92 Å². The maximum atomic E-state index is 13.2. The first-order valence-electron chi connectivity index (χ1n) is 10.2. The third-order valence-corrected chi connectivity index (χ3v) is 6.52. The lowest BCUT2D eigenvalue weighted by Crippen LogP contribution is -2.41. The Morgan fingerprint density at radius 1 is 1.32 bits per heavy atom. The number of ether oxygens (including phenoxy) is 1. The molecule has 0 bridgehead atoms. The minimum absolute atomic E-state index is 0.0252. The number of sulfone groups is 1. The number of thiocarbonyl (C=S) groups is 1. The quantitative estimate of drug-likeness (QED) is 0.506. The van der Waals surface area contributed by atoms with Crippen LogP contribution in [0.15, 0.2) is 35.6 Å². The van der Waals surface area contributed by atoms with E-state index >= 15 is 0 Å². The fourth-order valence-corrected chi connectivity index (χ4v) is 4.97. The van der Waals surface area contributed by atoms with Crippen molar-refractivity contribution in [2.45, 2.75) is 44.8 Å². The number of nitrogens with one attached hydrogen (secondary N) is 1. The topological polar surface area (TPSA) is 76.5 Å². The van der Waals surface area contributed by atoms with E-state index in [1.807, 2.05) is 11.8 Å². The third-order valence-electron chi connectivity index (χ3n) is 4.52. The third kappa shape index (κ3) is 7.26. The molecular weight excluding hydrogens is 439 g/mol. The number of benzene rings is 1. The predicted octanol–water partition coefficient (Wildman–Crippen LogP) is 2.99. The van der Waals surface area contributed by atoms with E-state index in [9.17, 15) is 12.8 Å². The molecule has 1 aromatic heterocycles. The second-order valence-electron chi connectivity index (χ2n) is 7.67. The van der Waals surface area contributed by atoms with Crippen molar-refractivity contribution >= 4 is 27.2 Å². The smallest absolute Gasteiger partial charge is 0.228 e. The number of hydrogen-bond acceptors (Lipinski definition) is 5. The molecule has 0 amide bonds. The van der Waals surface area contributed by atoms with E-state index in [1.54, 1.807) is 17.9 Å². The van der Waals surface area contributed by atoms with Crippen LogP contribution < -0.4 is 5.32 Å². The van der Waals surface area contributed by atoms with Crippen LogP contribution >= 0.6 is 12.2 Å². The molecule has 2 rings (SSSR count). The number of imidazole rings is 1. The molecule has 31 heavy (non-hydrogen) atoms. The number of halogens is 1. The molecule has 0 fully saturated rings. The summed E-state index contributed by atoms with van der Waals surface area (Å²) in [6.45, 7) is 8.70. The van der Waals surface area contributed by atoms with Gasteiger partial charge in [0.2, 0.25) is 15.0 Å². The Balaban J connectivity index is 2.36. The summed E-state index contributed by atoms with van der Waals surface area (Å²) in [6.07, 6.45) is 1.58. The van der Waals surface area contributed by atoms with Gasteiger partial charge in [-0.2, -0.15) is 0 Å². The summed E-state index contributed by atoms with van der Waals surface area (Å²) in [5, 5.41) is 3.75. The second kappa shape index (κ2) is 11.5.